The molecule has 1 aliphatic rings. The number of unbranched alkanes of at least 4 members (excludes halogenated alkanes) is 6. The molecule has 1 aromatic heterocycles. The number of hydrogen-bond acceptors (Lipinski definition) is 4. The Labute approximate surface area is 155 Å². The fourth-order valence-electron chi connectivity index (χ4n) is 3.55. The van der Waals surface area contributed by atoms with Crippen molar-refractivity contribution < 1.29 is 8.91 Å². The Morgan fingerprint density at radius 1 is 1.15 bits per heavy atom. The molecule has 0 saturated carbocycles. The molecule has 26 heavy (non-hydrogen) atoms. The van der Waals surface area contributed by atoms with E-state index in [0.29, 0.717) is 17.3 Å². The van der Waals surface area contributed by atoms with Crippen molar-refractivity contribution in [3.8, 4) is 11.4 Å². The van der Waals surface area contributed by atoms with Crippen LogP contribution in [0.3, 0.4) is 0 Å². The quantitative estimate of drug-likeness (QED) is 0.562. The van der Waals surface area contributed by atoms with Gasteiger partial charge in [-0.05, 0) is 43.9 Å². The number of nitrogens with zero attached hydrogens (tertiary/aromatic N) is 2. The normalized spacial score (nSPS) is 17.1. The highest BCUT2D eigenvalue weighted by atomic mass is 19.1. The van der Waals surface area contributed by atoms with Crippen LogP contribution in [-0.2, 0) is 6.42 Å². The molecule has 0 radical (unpaired) electrons. The number of aryl methyl sites for hydroxylation is 1. The molecular weight excluding hydrogens is 329 g/mol. The lowest BCUT2D eigenvalue weighted by Crippen LogP contribution is -2.12. The number of benzene rings is 1. The average Bonchev–Trinajstić information content (AvgIpc) is 3.33. The molecule has 142 valence electrons. The minimum absolute atomic E-state index is 0.137. The van der Waals surface area contributed by atoms with Crippen molar-refractivity contribution in [1.82, 2.24) is 15.5 Å². The predicted octanol–water partition coefficient (Wildman–Crippen LogP) is 5.59. The van der Waals surface area contributed by atoms with E-state index >= 15 is 0 Å². The van der Waals surface area contributed by atoms with E-state index in [1.165, 1.54) is 44.6 Å². The van der Waals surface area contributed by atoms with Crippen LogP contribution in [0.15, 0.2) is 22.7 Å². The number of nitrogens with one attached hydrogen (secondary N) is 1. The van der Waals surface area contributed by atoms with Gasteiger partial charge in [0.1, 0.15) is 5.82 Å². The molecule has 1 fully saturated rings. The van der Waals surface area contributed by atoms with Crippen LogP contribution in [0.5, 0.6) is 0 Å². The van der Waals surface area contributed by atoms with Gasteiger partial charge in [-0.3, -0.25) is 0 Å². The van der Waals surface area contributed by atoms with Gasteiger partial charge in [-0.25, -0.2) is 4.39 Å². The third-order valence-corrected chi connectivity index (χ3v) is 5.16. The van der Waals surface area contributed by atoms with Crippen LogP contribution in [0.25, 0.3) is 11.4 Å². The molecular formula is C21H30FN3O. The molecule has 0 aliphatic carbocycles. The molecule has 1 aliphatic heterocycles. The van der Waals surface area contributed by atoms with Gasteiger partial charge in [0.05, 0.1) is 6.04 Å². The number of halogens is 1. The van der Waals surface area contributed by atoms with Crippen molar-refractivity contribution in [2.75, 3.05) is 6.54 Å². The smallest absolute Gasteiger partial charge is 0.244 e. The van der Waals surface area contributed by atoms with Crippen LogP contribution in [0.4, 0.5) is 4.39 Å². The predicted molar refractivity (Wildman–Crippen MR) is 101 cm³/mol. The molecule has 5 heteroatoms. The van der Waals surface area contributed by atoms with Crippen molar-refractivity contribution in [2.45, 2.75) is 77.2 Å². The van der Waals surface area contributed by atoms with Gasteiger partial charge in [0.2, 0.25) is 11.7 Å². The Kier molecular flexibility index (Phi) is 7.18. The maximum absolute atomic E-state index is 14.4. The summed E-state index contributed by atoms with van der Waals surface area (Å²) in [7, 11) is 0. The summed E-state index contributed by atoms with van der Waals surface area (Å²) < 4.78 is 19.8. The third kappa shape index (κ3) is 5.13. The van der Waals surface area contributed by atoms with Gasteiger partial charge in [-0.2, -0.15) is 4.98 Å². The maximum Gasteiger partial charge on any atom is 0.244 e. The van der Waals surface area contributed by atoms with E-state index in [-0.39, 0.29) is 11.9 Å². The van der Waals surface area contributed by atoms with Crippen LogP contribution >= 0.6 is 0 Å². The summed E-state index contributed by atoms with van der Waals surface area (Å²) in [4.78, 5) is 4.44. The third-order valence-electron chi connectivity index (χ3n) is 5.16. The van der Waals surface area contributed by atoms with Crippen LogP contribution < -0.4 is 5.32 Å². The average molecular weight is 359 g/mol. The molecule has 2 heterocycles. The van der Waals surface area contributed by atoms with Crippen LogP contribution in [0.2, 0.25) is 0 Å². The fraction of sp³-hybridized carbons (Fsp3) is 0.619. The fourth-order valence-corrected chi connectivity index (χ4v) is 3.55. The first kappa shape index (κ1) is 19.0. The summed E-state index contributed by atoms with van der Waals surface area (Å²) in [6.07, 6.45) is 11.6. The number of rotatable bonds is 10. The van der Waals surface area contributed by atoms with Gasteiger partial charge in [-0.15, -0.1) is 0 Å². The summed E-state index contributed by atoms with van der Waals surface area (Å²) in [6, 6.07) is 5.44. The highest BCUT2D eigenvalue weighted by Gasteiger charge is 2.22. The monoisotopic (exact) mass is 359 g/mol. The first-order valence-corrected chi connectivity index (χ1v) is 10.1. The summed E-state index contributed by atoms with van der Waals surface area (Å²) in [5.74, 6) is 0.902. The molecule has 4 nitrogen and oxygen atoms in total. The minimum Gasteiger partial charge on any atom is -0.337 e. The molecule has 1 N–H and O–H groups in total. The summed E-state index contributed by atoms with van der Waals surface area (Å²) in [5, 5.41) is 7.35. The zero-order valence-electron chi connectivity index (χ0n) is 15.8. The SMILES string of the molecule is CCCCCCCCCc1ccc(-c2noc([C@@H]3CCCN3)n2)cc1F. The van der Waals surface area contributed by atoms with Crippen molar-refractivity contribution >= 4 is 0 Å². The second-order valence-corrected chi connectivity index (χ2v) is 7.28. The summed E-state index contributed by atoms with van der Waals surface area (Å²) in [6.45, 7) is 3.21. The van der Waals surface area contributed by atoms with Crippen molar-refractivity contribution in [3.63, 3.8) is 0 Å². The Hall–Kier alpha value is -1.75. The number of aromatic nitrogens is 2. The second-order valence-electron chi connectivity index (χ2n) is 7.28. The van der Waals surface area contributed by atoms with Gasteiger partial charge in [-0.1, -0.05) is 62.7 Å². The summed E-state index contributed by atoms with van der Waals surface area (Å²) >= 11 is 0. The molecule has 1 aromatic carbocycles. The van der Waals surface area contributed by atoms with Gasteiger partial charge >= 0.3 is 0 Å². The van der Waals surface area contributed by atoms with E-state index in [1.807, 2.05) is 12.1 Å². The number of hydrogen-bond donors (Lipinski definition) is 1. The van der Waals surface area contributed by atoms with E-state index in [1.54, 1.807) is 0 Å². The standard InChI is InChI=1S/C21H30FN3O/c1-2-3-4-5-6-7-8-10-16-12-13-17(15-18(16)22)20-24-21(26-25-20)19-11-9-14-23-19/h12-13,15,19,23H,2-11,14H2,1H3/t19-/m0/s1. The topological polar surface area (TPSA) is 51.0 Å². The molecule has 3 rings (SSSR count). The van der Waals surface area contributed by atoms with Crippen molar-refractivity contribution in [2.24, 2.45) is 0 Å². The lowest BCUT2D eigenvalue weighted by Gasteiger charge is -2.05. The van der Waals surface area contributed by atoms with Gasteiger partial charge in [0, 0.05) is 5.56 Å². The highest BCUT2D eigenvalue weighted by Crippen LogP contribution is 2.25. The second kappa shape index (κ2) is 9.81. The minimum atomic E-state index is -0.168. The largest absolute Gasteiger partial charge is 0.337 e. The van der Waals surface area contributed by atoms with Gasteiger partial charge in [0.25, 0.3) is 0 Å². The zero-order chi connectivity index (χ0) is 18.2. The first-order chi connectivity index (χ1) is 12.8. The van der Waals surface area contributed by atoms with Crippen molar-refractivity contribution in [1.29, 1.82) is 0 Å². The van der Waals surface area contributed by atoms with Gasteiger partial charge in [0.15, 0.2) is 0 Å². The molecule has 1 saturated heterocycles. The van der Waals surface area contributed by atoms with Crippen LogP contribution in [-0.4, -0.2) is 16.7 Å². The van der Waals surface area contributed by atoms with Crippen molar-refractivity contribution in [3.05, 3.63) is 35.5 Å². The lowest BCUT2D eigenvalue weighted by molar-refractivity contribution is 0.345. The maximum atomic E-state index is 14.4. The zero-order valence-corrected chi connectivity index (χ0v) is 15.8. The van der Waals surface area contributed by atoms with E-state index in [4.69, 9.17) is 4.52 Å². The lowest BCUT2D eigenvalue weighted by atomic mass is 10.0. The Morgan fingerprint density at radius 3 is 2.69 bits per heavy atom. The Balaban J connectivity index is 1.51. The van der Waals surface area contributed by atoms with Crippen LogP contribution in [0.1, 0.15) is 82.2 Å². The molecule has 0 bridgehead atoms. The highest BCUT2D eigenvalue weighted by molar-refractivity contribution is 5.55. The Morgan fingerprint density at radius 2 is 1.96 bits per heavy atom. The van der Waals surface area contributed by atoms with E-state index in [2.05, 4.69) is 22.4 Å². The Bertz CT molecular complexity index is 680. The molecule has 1 atom stereocenters. The van der Waals surface area contributed by atoms with E-state index in [9.17, 15) is 4.39 Å². The molecule has 2 aromatic rings. The van der Waals surface area contributed by atoms with E-state index < -0.39 is 0 Å². The van der Waals surface area contributed by atoms with Gasteiger partial charge < -0.3 is 9.84 Å². The van der Waals surface area contributed by atoms with Crippen LogP contribution in [0, 0.1) is 5.82 Å². The molecule has 0 unspecified atom stereocenters. The summed E-state index contributed by atoms with van der Waals surface area (Å²) in [5.41, 5.74) is 1.46. The molecule has 0 spiro atoms. The van der Waals surface area contributed by atoms with E-state index in [0.717, 1.165) is 37.8 Å². The first-order valence-electron chi connectivity index (χ1n) is 10.1. The molecule has 0 amide bonds.